The summed E-state index contributed by atoms with van der Waals surface area (Å²) in [6.45, 7) is 7.82. The summed E-state index contributed by atoms with van der Waals surface area (Å²) < 4.78 is 0. The van der Waals surface area contributed by atoms with Crippen molar-refractivity contribution in [2.24, 2.45) is 0 Å². The van der Waals surface area contributed by atoms with E-state index in [1.54, 1.807) is 0 Å². The fourth-order valence-corrected chi connectivity index (χ4v) is 1.49. The molecule has 14 heavy (non-hydrogen) atoms. The van der Waals surface area contributed by atoms with E-state index < -0.39 is 0 Å². The molecule has 0 fully saturated rings. The minimum absolute atomic E-state index is 0.836. The monoisotopic (exact) mass is 187 g/mol. The Morgan fingerprint density at radius 1 is 1.43 bits per heavy atom. The van der Waals surface area contributed by atoms with Gasteiger partial charge in [0.25, 0.3) is 0 Å². The molecule has 0 saturated heterocycles. The highest BCUT2D eigenvalue weighted by Gasteiger charge is 2.01. The topological polar surface area (TPSA) is 26.0 Å². The first-order valence-corrected chi connectivity index (χ1v) is 4.81. The van der Waals surface area contributed by atoms with E-state index in [0.717, 1.165) is 17.7 Å². The zero-order valence-electron chi connectivity index (χ0n) is 8.88. The van der Waals surface area contributed by atoms with Crippen molar-refractivity contribution in [2.45, 2.75) is 20.3 Å². The van der Waals surface area contributed by atoms with E-state index in [1.807, 2.05) is 25.1 Å². The second kappa shape index (κ2) is 4.66. The van der Waals surface area contributed by atoms with E-state index in [-0.39, 0.29) is 0 Å². The van der Waals surface area contributed by atoms with E-state index in [9.17, 15) is 0 Å². The predicted molar refractivity (Wildman–Crippen MR) is 64.2 cm³/mol. The summed E-state index contributed by atoms with van der Waals surface area (Å²) in [6.07, 6.45) is 6.81. The maximum atomic E-state index is 5.92. The van der Waals surface area contributed by atoms with E-state index in [1.165, 1.54) is 11.1 Å². The van der Waals surface area contributed by atoms with E-state index >= 15 is 0 Å². The van der Waals surface area contributed by atoms with Crippen molar-refractivity contribution < 1.29 is 0 Å². The van der Waals surface area contributed by atoms with Crippen molar-refractivity contribution in [1.82, 2.24) is 0 Å². The van der Waals surface area contributed by atoms with Crippen LogP contribution < -0.4 is 5.73 Å². The molecule has 74 valence electrons. The third-order valence-corrected chi connectivity index (χ3v) is 2.24. The SMILES string of the molecule is C=CCc1cc(C)c(/C=C/C)cc1N. The fourth-order valence-electron chi connectivity index (χ4n) is 1.49. The highest BCUT2D eigenvalue weighted by atomic mass is 14.6. The molecule has 0 unspecified atom stereocenters. The summed E-state index contributed by atoms with van der Waals surface area (Å²) in [6, 6.07) is 4.15. The smallest absolute Gasteiger partial charge is 0.0355 e. The van der Waals surface area contributed by atoms with Crippen molar-refractivity contribution in [3.63, 3.8) is 0 Å². The lowest BCUT2D eigenvalue weighted by Gasteiger charge is -2.07. The van der Waals surface area contributed by atoms with Crippen LogP contribution in [-0.4, -0.2) is 0 Å². The lowest BCUT2D eigenvalue weighted by molar-refractivity contribution is 1.25. The molecule has 0 aliphatic carbocycles. The molecule has 1 aromatic rings. The van der Waals surface area contributed by atoms with Crippen LogP contribution in [0.1, 0.15) is 23.6 Å². The minimum atomic E-state index is 0.836. The van der Waals surface area contributed by atoms with Gasteiger partial charge < -0.3 is 5.73 Å². The van der Waals surface area contributed by atoms with Crippen LogP contribution in [0.2, 0.25) is 0 Å². The van der Waals surface area contributed by atoms with Crippen LogP contribution in [0.4, 0.5) is 5.69 Å². The van der Waals surface area contributed by atoms with Gasteiger partial charge in [0.05, 0.1) is 0 Å². The number of nitrogen functional groups attached to an aromatic ring is 1. The average molecular weight is 187 g/mol. The molecular weight excluding hydrogens is 170 g/mol. The van der Waals surface area contributed by atoms with Crippen molar-refractivity contribution in [1.29, 1.82) is 0 Å². The molecule has 0 spiro atoms. The number of aryl methyl sites for hydroxylation is 1. The molecule has 1 aromatic carbocycles. The van der Waals surface area contributed by atoms with Crippen molar-refractivity contribution >= 4 is 11.8 Å². The molecule has 0 bridgehead atoms. The number of anilines is 1. The van der Waals surface area contributed by atoms with Crippen LogP contribution in [-0.2, 0) is 6.42 Å². The van der Waals surface area contributed by atoms with Gasteiger partial charge in [-0.05, 0) is 43.0 Å². The summed E-state index contributed by atoms with van der Waals surface area (Å²) in [4.78, 5) is 0. The Bertz CT molecular complexity index is 362. The molecule has 1 rings (SSSR count). The molecule has 2 N–H and O–H groups in total. The van der Waals surface area contributed by atoms with E-state index in [0.29, 0.717) is 0 Å². The summed E-state index contributed by atoms with van der Waals surface area (Å²) in [5, 5.41) is 0. The summed E-state index contributed by atoms with van der Waals surface area (Å²) in [5.74, 6) is 0. The summed E-state index contributed by atoms with van der Waals surface area (Å²) in [5.41, 5.74) is 10.4. The van der Waals surface area contributed by atoms with Gasteiger partial charge in [-0.3, -0.25) is 0 Å². The van der Waals surface area contributed by atoms with Gasteiger partial charge >= 0.3 is 0 Å². The molecule has 0 aromatic heterocycles. The largest absolute Gasteiger partial charge is 0.398 e. The maximum absolute atomic E-state index is 5.92. The van der Waals surface area contributed by atoms with Crippen molar-refractivity contribution in [3.8, 4) is 0 Å². The van der Waals surface area contributed by atoms with Gasteiger partial charge in [0, 0.05) is 5.69 Å². The Morgan fingerprint density at radius 3 is 2.71 bits per heavy atom. The van der Waals surface area contributed by atoms with Gasteiger partial charge in [0.15, 0.2) is 0 Å². The van der Waals surface area contributed by atoms with Crippen molar-refractivity contribution in [2.75, 3.05) is 5.73 Å². The molecule has 0 radical (unpaired) electrons. The Hall–Kier alpha value is -1.50. The third kappa shape index (κ3) is 2.25. The van der Waals surface area contributed by atoms with E-state index in [2.05, 4.69) is 25.6 Å². The normalized spacial score (nSPS) is 10.7. The third-order valence-electron chi connectivity index (χ3n) is 2.24. The molecule has 1 heteroatoms. The van der Waals surface area contributed by atoms with Crippen LogP contribution in [0.15, 0.2) is 30.9 Å². The number of nitrogens with two attached hydrogens (primary N) is 1. The van der Waals surface area contributed by atoms with Crippen LogP contribution in [0.3, 0.4) is 0 Å². The Kier molecular flexibility index (Phi) is 3.52. The Morgan fingerprint density at radius 2 is 2.14 bits per heavy atom. The van der Waals surface area contributed by atoms with Gasteiger partial charge in [-0.15, -0.1) is 6.58 Å². The number of rotatable bonds is 3. The van der Waals surface area contributed by atoms with Gasteiger partial charge in [0.1, 0.15) is 0 Å². The first-order chi connectivity index (χ1) is 6.69. The van der Waals surface area contributed by atoms with Gasteiger partial charge in [-0.1, -0.05) is 24.3 Å². The zero-order valence-corrected chi connectivity index (χ0v) is 8.88. The number of hydrogen-bond acceptors (Lipinski definition) is 1. The van der Waals surface area contributed by atoms with Crippen LogP contribution in [0.25, 0.3) is 6.08 Å². The predicted octanol–water partition coefficient (Wildman–Crippen LogP) is 3.34. The maximum Gasteiger partial charge on any atom is 0.0355 e. The lowest BCUT2D eigenvalue weighted by Crippen LogP contribution is -1.95. The van der Waals surface area contributed by atoms with Gasteiger partial charge in [-0.25, -0.2) is 0 Å². The number of benzene rings is 1. The first-order valence-electron chi connectivity index (χ1n) is 4.81. The molecule has 0 saturated carbocycles. The summed E-state index contributed by atoms with van der Waals surface area (Å²) >= 11 is 0. The first kappa shape index (κ1) is 10.6. The molecule has 0 aliphatic heterocycles. The fraction of sp³-hybridized carbons (Fsp3) is 0.231. The lowest BCUT2D eigenvalue weighted by atomic mass is 10.0. The van der Waals surface area contributed by atoms with Crippen LogP contribution >= 0.6 is 0 Å². The number of allylic oxidation sites excluding steroid dienone is 2. The zero-order chi connectivity index (χ0) is 10.6. The molecule has 0 atom stereocenters. The molecule has 0 aliphatic rings. The van der Waals surface area contributed by atoms with Crippen LogP contribution in [0, 0.1) is 6.92 Å². The second-order valence-electron chi connectivity index (χ2n) is 3.40. The molecule has 0 heterocycles. The standard InChI is InChI=1S/C13H17N/c1-4-6-11-9-13(14)12(7-5-2)8-10(11)3/h4-6,8-9H,2,7,14H2,1,3H3/b6-4+. The highest BCUT2D eigenvalue weighted by molar-refractivity contribution is 5.62. The van der Waals surface area contributed by atoms with Gasteiger partial charge in [0.2, 0.25) is 0 Å². The van der Waals surface area contributed by atoms with Gasteiger partial charge in [-0.2, -0.15) is 0 Å². The highest BCUT2D eigenvalue weighted by Crippen LogP contribution is 2.20. The Balaban J connectivity index is 3.16. The molecule has 0 amide bonds. The molecule has 1 nitrogen and oxygen atoms in total. The summed E-state index contributed by atoms with van der Waals surface area (Å²) in [7, 11) is 0. The number of hydrogen-bond donors (Lipinski definition) is 1. The average Bonchev–Trinajstić information content (AvgIpc) is 2.14. The Labute approximate surface area is 85.9 Å². The minimum Gasteiger partial charge on any atom is -0.398 e. The van der Waals surface area contributed by atoms with Crippen LogP contribution in [0.5, 0.6) is 0 Å². The second-order valence-corrected chi connectivity index (χ2v) is 3.40. The van der Waals surface area contributed by atoms with Crippen molar-refractivity contribution in [3.05, 3.63) is 47.6 Å². The quantitative estimate of drug-likeness (QED) is 0.570. The molecular formula is C13H17N. The van der Waals surface area contributed by atoms with E-state index in [4.69, 9.17) is 5.73 Å².